The topological polar surface area (TPSA) is 87.7 Å². The van der Waals surface area contributed by atoms with E-state index in [1.54, 1.807) is 24.3 Å². The zero-order valence-electron chi connectivity index (χ0n) is 10.3. The van der Waals surface area contributed by atoms with Gasteiger partial charge >= 0.3 is 0 Å². The summed E-state index contributed by atoms with van der Waals surface area (Å²) in [6.07, 6.45) is 2.07. The molecule has 1 aromatic rings. The van der Waals surface area contributed by atoms with Crippen molar-refractivity contribution in [3.63, 3.8) is 0 Å². The first-order valence-electron chi connectivity index (χ1n) is 5.99. The van der Waals surface area contributed by atoms with Gasteiger partial charge in [0.15, 0.2) is 5.84 Å². The largest absolute Gasteiger partial charge is 0.409 e. The molecule has 0 spiro atoms. The number of benzene rings is 1. The van der Waals surface area contributed by atoms with Crippen molar-refractivity contribution in [1.29, 1.82) is 0 Å². The summed E-state index contributed by atoms with van der Waals surface area (Å²) in [4.78, 5) is 12.0. The maximum absolute atomic E-state index is 12.0. The first-order valence-corrected chi connectivity index (χ1v) is 5.99. The van der Waals surface area contributed by atoms with Crippen molar-refractivity contribution in [3.8, 4) is 0 Å². The van der Waals surface area contributed by atoms with Crippen LogP contribution >= 0.6 is 0 Å². The number of nitrogens with two attached hydrogens (primary N) is 1. The average molecular weight is 247 g/mol. The van der Waals surface area contributed by atoms with Crippen molar-refractivity contribution in [3.05, 3.63) is 35.4 Å². The van der Waals surface area contributed by atoms with Crippen LogP contribution in [0.5, 0.6) is 0 Å². The number of carbonyl (C=O) groups is 1. The molecule has 1 fully saturated rings. The zero-order valence-corrected chi connectivity index (χ0v) is 10.3. The molecule has 0 aromatic heterocycles. The molecular formula is C13H17N3O2. The molecule has 4 N–H and O–H groups in total. The molecule has 5 nitrogen and oxygen atoms in total. The second-order valence-electron chi connectivity index (χ2n) is 4.81. The summed E-state index contributed by atoms with van der Waals surface area (Å²) < 4.78 is 0. The van der Waals surface area contributed by atoms with Crippen LogP contribution in [0.15, 0.2) is 29.4 Å². The average Bonchev–Trinajstić information content (AvgIpc) is 2.36. The Balaban J connectivity index is 2.06. The molecule has 96 valence electrons. The standard InChI is InChI=1S/C13H17N3O2/c1-8-5-11(6-8)15-13(17)10-4-2-3-9(7-10)12(14)16-18/h2-4,7-8,11,18H,5-6H2,1H3,(H2,14,16)(H,15,17). The van der Waals surface area contributed by atoms with Crippen LogP contribution in [0.3, 0.4) is 0 Å². The first kappa shape index (κ1) is 12.4. The SMILES string of the molecule is CC1CC(NC(=O)c2cccc(/C(N)=N/O)c2)C1. The van der Waals surface area contributed by atoms with Gasteiger partial charge in [-0.1, -0.05) is 24.2 Å². The van der Waals surface area contributed by atoms with Crippen LogP contribution in [0.25, 0.3) is 0 Å². The van der Waals surface area contributed by atoms with Crippen LogP contribution in [0.4, 0.5) is 0 Å². The van der Waals surface area contributed by atoms with Gasteiger partial charge < -0.3 is 16.3 Å². The number of nitrogens with one attached hydrogen (secondary N) is 1. The third-order valence-electron chi connectivity index (χ3n) is 3.24. The second kappa shape index (κ2) is 5.08. The fourth-order valence-electron chi connectivity index (χ4n) is 2.17. The van der Waals surface area contributed by atoms with Crippen LogP contribution in [0.2, 0.25) is 0 Å². The number of nitrogens with zero attached hydrogens (tertiary/aromatic N) is 1. The summed E-state index contributed by atoms with van der Waals surface area (Å²) in [6.45, 7) is 2.17. The van der Waals surface area contributed by atoms with Gasteiger partial charge in [0.2, 0.25) is 0 Å². The van der Waals surface area contributed by atoms with Crippen molar-refractivity contribution >= 4 is 11.7 Å². The molecule has 0 aliphatic heterocycles. The lowest BCUT2D eigenvalue weighted by molar-refractivity contribution is 0.0896. The lowest BCUT2D eigenvalue weighted by atomic mass is 9.82. The minimum absolute atomic E-state index is 0.00177. The minimum atomic E-state index is -0.112. The molecular weight excluding hydrogens is 230 g/mol. The van der Waals surface area contributed by atoms with Crippen molar-refractivity contribution in [1.82, 2.24) is 5.32 Å². The van der Waals surface area contributed by atoms with E-state index in [1.807, 2.05) is 0 Å². The Kier molecular flexibility index (Phi) is 3.50. The van der Waals surface area contributed by atoms with Gasteiger partial charge in [-0.3, -0.25) is 4.79 Å². The van der Waals surface area contributed by atoms with Gasteiger partial charge in [0.1, 0.15) is 0 Å². The van der Waals surface area contributed by atoms with Gasteiger partial charge in [0.25, 0.3) is 5.91 Å². The molecule has 1 aromatic carbocycles. The highest BCUT2D eigenvalue weighted by atomic mass is 16.4. The van der Waals surface area contributed by atoms with Crippen LogP contribution < -0.4 is 11.1 Å². The van der Waals surface area contributed by atoms with E-state index < -0.39 is 0 Å². The van der Waals surface area contributed by atoms with E-state index in [1.165, 1.54) is 0 Å². The maximum Gasteiger partial charge on any atom is 0.251 e. The van der Waals surface area contributed by atoms with Crippen molar-refractivity contribution in [2.45, 2.75) is 25.8 Å². The van der Waals surface area contributed by atoms with E-state index in [0.29, 0.717) is 17.0 Å². The fraction of sp³-hybridized carbons (Fsp3) is 0.385. The quantitative estimate of drug-likeness (QED) is 0.326. The third kappa shape index (κ3) is 2.61. The first-order chi connectivity index (χ1) is 8.60. The van der Waals surface area contributed by atoms with Crippen LogP contribution in [-0.4, -0.2) is 23.0 Å². The van der Waals surface area contributed by atoms with Gasteiger partial charge in [-0.2, -0.15) is 0 Å². The molecule has 1 aliphatic carbocycles. The molecule has 1 amide bonds. The molecule has 0 atom stereocenters. The normalized spacial score (nSPS) is 23.3. The predicted octanol–water partition coefficient (Wildman–Crippen LogP) is 1.31. The van der Waals surface area contributed by atoms with E-state index in [4.69, 9.17) is 10.9 Å². The van der Waals surface area contributed by atoms with Crippen molar-refractivity contribution < 1.29 is 10.0 Å². The van der Waals surface area contributed by atoms with Gasteiger partial charge in [0.05, 0.1) is 0 Å². The number of hydrogen-bond acceptors (Lipinski definition) is 3. The molecule has 5 heteroatoms. The Morgan fingerprint density at radius 1 is 1.44 bits per heavy atom. The summed E-state index contributed by atoms with van der Waals surface area (Å²) >= 11 is 0. The van der Waals surface area contributed by atoms with E-state index >= 15 is 0 Å². The molecule has 1 aliphatic rings. The molecule has 0 unspecified atom stereocenters. The molecule has 1 saturated carbocycles. The Morgan fingerprint density at radius 2 is 2.11 bits per heavy atom. The second-order valence-corrected chi connectivity index (χ2v) is 4.81. The van der Waals surface area contributed by atoms with Crippen LogP contribution in [0, 0.1) is 5.92 Å². The third-order valence-corrected chi connectivity index (χ3v) is 3.24. The van der Waals surface area contributed by atoms with Gasteiger partial charge in [-0.15, -0.1) is 0 Å². The van der Waals surface area contributed by atoms with E-state index in [0.717, 1.165) is 12.8 Å². The maximum atomic E-state index is 12.0. The number of oxime groups is 1. The van der Waals surface area contributed by atoms with Gasteiger partial charge in [0, 0.05) is 17.2 Å². The highest BCUT2D eigenvalue weighted by Crippen LogP contribution is 2.26. The van der Waals surface area contributed by atoms with Crippen molar-refractivity contribution in [2.75, 3.05) is 0 Å². The fourth-order valence-corrected chi connectivity index (χ4v) is 2.17. The summed E-state index contributed by atoms with van der Waals surface area (Å²) in [7, 11) is 0. The van der Waals surface area contributed by atoms with Crippen LogP contribution in [0.1, 0.15) is 35.7 Å². The zero-order chi connectivity index (χ0) is 13.1. The Bertz CT molecular complexity index is 479. The van der Waals surface area contributed by atoms with Gasteiger partial charge in [-0.05, 0) is 30.9 Å². The number of hydrogen-bond donors (Lipinski definition) is 3. The summed E-state index contributed by atoms with van der Waals surface area (Å²) in [5.41, 5.74) is 6.55. The van der Waals surface area contributed by atoms with Crippen molar-refractivity contribution in [2.24, 2.45) is 16.8 Å². The monoisotopic (exact) mass is 247 g/mol. The van der Waals surface area contributed by atoms with Gasteiger partial charge in [-0.25, -0.2) is 0 Å². The lowest BCUT2D eigenvalue weighted by Crippen LogP contribution is -2.43. The molecule has 0 radical (unpaired) electrons. The smallest absolute Gasteiger partial charge is 0.251 e. The minimum Gasteiger partial charge on any atom is -0.409 e. The summed E-state index contributed by atoms with van der Waals surface area (Å²) in [6, 6.07) is 7.01. The molecule has 0 bridgehead atoms. The number of amides is 1. The molecule has 18 heavy (non-hydrogen) atoms. The van der Waals surface area contributed by atoms with E-state index in [2.05, 4.69) is 17.4 Å². The van der Waals surface area contributed by atoms with Crippen LogP contribution in [-0.2, 0) is 0 Å². The lowest BCUT2D eigenvalue weighted by Gasteiger charge is -2.33. The van der Waals surface area contributed by atoms with E-state index in [9.17, 15) is 4.79 Å². The molecule has 2 rings (SSSR count). The molecule has 0 heterocycles. The predicted molar refractivity (Wildman–Crippen MR) is 68.6 cm³/mol. The Labute approximate surface area is 106 Å². The Morgan fingerprint density at radius 3 is 2.72 bits per heavy atom. The highest BCUT2D eigenvalue weighted by molar-refractivity contribution is 6.01. The Hall–Kier alpha value is -2.04. The number of rotatable bonds is 3. The van der Waals surface area contributed by atoms with E-state index in [-0.39, 0.29) is 17.8 Å². The summed E-state index contributed by atoms with van der Waals surface area (Å²) in [5.74, 6) is 0.584. The number of carbonyl (C=O) groups excluding carboxylic acids is 1. The number of amidine groups is 1. The summed E-state index contributed by atoms with van der Waals surface area (Å²) in [5, 5.41) is 14.5. The molecule has 0 saturated heterocycles. The highest BCUT2D eigenvalue weighted by Gasteiger charge is 2.26.